The van der Waals surface area contributed by atoms with E-state index >= 15 is 0 Å². The zero-order valence-corrected chi connectivity index (χ0v) is 9.59. The summed E-state index contributed by atoms with van der Waals surface area (Å²) in [6.07, 6.45) is 1.87. The van der Waals surface area contributed by atoms with E-state index in [-0.39, 0.29) is 5.41 Å². The van der Waals surface area contributed by atoms with Crippen molar-refractivity contribution < 1.29 is 0 Å². The molecule has 0 amide bonds. The molecule has 14 heavy (non-hydrogen) atoms. The van der Waals surface area contributed by atoms with Crippen molar-refractivity contribution in [3.8, 4) is 0 Å². The molecule has 1 aromatic carbocycles. The monoisotopic (exact) mass is 187 g/mol. The second-order valence-electron chi connectivity index (χ2n) is 4.45. The predicted molar refractivity (Wildman–Crippen MR) is 64.2 cm³/mol. The third-order valence-corrected chi connectivity index (χ3v) is 3.12. The van der Waals surface area contributed by atoms with E-state index in [1.807, 2.05) is 6.08 Å². The van der Waals surface area contributed by atoms with E-state index in [1.54, 1.807) is 0 Å². The zero-order chi connectivity index (χ0) is 10.8. The van der Waals surface area contributed by atoms with Crippen LogP contribution in [0.4, 0.5) is 0 Å². The Morgan fingerprint density at radius 2 is 1.64 bits per heavy atom. The van der Waals surface area contributed by atoms with Crippen molar-refractivity contribution in [2.24, 2.45) is 0 Å². The highest BCUT2D eigenvalue weighted by atomic mass is 14.3. The van der Waals surface area contributed by atoms with E-state index in [9.17, 15) is 0 Å². The Morgan fingerprint density at radius 1 is 1.14 bits per heavy atom. The fourth-order valence-corrected chi connectivity index (χ4v) is 1.32. The van der Waals surface area contributed by atoms with Gasteiger partial charge in [0.1, 0.15) is 0 Å². The van der Waals surface area contributed by atoms with Gasteiger partial charge in [0, 0.05) is 0 Å². The summed E-state index contributed by atoms with van der Waals surface area (Å²) in [5, 5.41) is 0. The predicted octanol–water partition coefficient (Wildman–Crippen LogP) is 4.22. The summed E-state index contributed by atoms with van der Waals surface area (Å²) in [6.45, 7) is 12.6. The molecular weight excluding hydrogens is 168 g/mol. The first-order valence-electron chi connectivity index (χ1n) is 5.02. The van der Waals surface area contributed by atoms with Crippen LogP contribution in [0.3, 0.4) is 0 Å². The summed E-state index contributed by atoms with van der Waals surface area (Å²) in [7, 11) is 0. The number of rotatable bonds is 3. The van der Waals surface area contributed by atoms with Crippen molar-refractivity contribution in [3.63, 3.8) is 0 Å². The second-order valence-corrected chi connectivity index (χ2v) is 4.45. The maximum Gasteiger partial charge on any atom is -0.00470 e. The largest absolute Gasteiger partial charge is 0.0985 e. The standard InChI is InChI=1S/C14H19/c1-6-12-7-9-13(10-8-12)14(4,5)11(2)3/h6-10H,1H2,2-5H3. The van der Waals surface area contributed by atoms with Gasteiger partial charge in [0.15, 0.2) is 0 Å². The summed E-state index contributed by atoms with van der Waals surface area (Å²) in [4.78, 5) is 0. The molecule has 0 aromatic heterocycles. The van der Waals surface area contributed by atoms with Crippen LogP contribution in [0, 0.1) is 5.92 Å². The molecular formula is C14H19. The topological polar surface area (TPSA) is 0 Å². The van der Waals surface area contributed by atoms with Crippen LogP contribution >= 0.6 is 0 Å². The zero-order valence-electron chi connectivity index (χ0n) is 9.59. The summed E-state index contributed by atoms with van der Waals surface area (Å²) in [5.74, 6) is 1.43. The second kappa shape index (κ2) is 4.00. The molecule has 0 heterocycles. The smallest absolute Gasteiger partial charge is 0.00470 e. The molecule has 1 aromatic rings. The molecule has 0 aliphatic carbocycles. The van der Waals surface area contributed by atoms with Crippen molar-refractivity contribution in [1.29, 1.82) is 0 Å². The van der Waals surface area contributed by atoms with Crippen LogP contribution in [0.15, 0.2) is 30.8 Å². The van der Waals surface area contributed by atoms with Gasteiger partial charge in [-0.1, -0.05) is 64.6 Å². The Labute approximate surface area is 87.7 Å². The molecule has 0 nitrogen and oxygen atoms in total. The molecule has 0 bridgehead atoms. The van der Waals surface area contributed by atoms with Crippen LogP contribution in [0.1, 0.15) is 38.8 Å². The lowest BCUT2D eigenvalue weighted by Gasteiger charge is -2.29. The van der Waals surface area contributed by atoms with Crippen molar-refractivity contribution in [1.82, 2.24) is 0 Å². The lowest BCUT2D eigenvalue weighted by atomic mass is 9.75. The van der Waals surface area contributed by atoms with Gasteiger partial charge in [0.2, 0.25) is 0 Å². The first-order chi connectivity index (χ1) is 6.48. The number of benzene rings is 1. The Kier molecular flexibility index (Phi) is 3.15. The van der Waals surface area contributed by atoms with Crippen LogP contribution in [-0.2, 0) is 5.41 Å². The van der Waals surface area contributed by atoms with Gasteiger partial charge in [0.25, 0.3) is 0 Å². The average molecular weight is 187 g/mol. The molecule has 0 saturated carbocycles. The SMILES string of the molecule is C=Cc1ccc(C(C)(C)[C](C)C)cc1. The molecule has 0 spiro atoms. The Balaban J connectivity index is 3.02. The van der Waals surface area contributed by atoms with Crippen LogP contribution in [-0.4, -0.2) is 0 Å². The maximum absolute atomic E-state index is 3.75. The molecule has 0 heteroatoms. The first-order valence-corrected chi connectivity index (χ1v) is 5.02. The summed E-state index contributed by atoms with van der Waals surface area (Å²) < 4.78 is 0. The molecule has 0 unspecified atom stereocenters. The minimum absolute atomic E-state index is 0.166. The lowest BCUT2D eigenvalue weighted by molar-refractivity contribution is 0.547. The lowest BCUT2D eigenvalue weighted by Crippen LogP contribution is -2.22. The number of hydrogen-bond donors (Lipinski definition) is 0. The van der Waals surface area contributed by atoms with Crippen molar-refractivity contribution in [2.45, 2.75) is 33.1 Å². The van der Waals surface area contributed by atoms with Crippen LogP contribution < -0.4 is 0 Å². The first kappa shape index (κ1) is 11.0. The Hall–Kier alpha value is -1.04. The molecule has 0 N–H and O–H groups in total. The van der Waals surface area contributed by atoms with Crippen LogP contribution in [0.25, 0.3) is 6.08 Å². The Morgan fingerprint density at radius 3 is 2.00 bits per heavy atom. The molecule has 0 aliphatic rings. The molecule has 0 saturated heterocycles. The van der Waals surface area contributed by atoms with Gasteiger partial charge >= 0.3 is 0 Å². The van der Waals surface area contributed by atoms with Crippen molar-refractivity contribution in [2.75, 3.05) is 0 Å². The van der Waals surface area contributed by atoms with E-state index in [0.29, 0.717) is 0 Å². The maximum atomic E-state index is 3.75. The molecule has 0 fully saturated rings. The molecule has 0 atom stereocenters. The third-order valence-electron chi connectivity index (χ3n) is 3.12. The van der Waals surface area contributed by atoms with E-state index in [2.05, 4.69) is 58.5 Å². The number of hydrogen-bond acceptors (Lipinski definition) is 0. The molecule has 1 rings (SSSR count). The highest BCUT2D eigenvalue weighted by molar-refractivity contribution is 5.48. The van der Waals surface area contributed by atoms with Gasteiger partial charge in [-0.05, 0) is 22.5 Å². The summed E-state index contributed by atoms with van der Waals surface area (Å²) in [5.41, 5.74) is 2.71. The molecule has 0 aliphatic heterocycles. The minimum Gasteiger partial charge on any atom is -0.0985 e. The highest BCUT2D eigenvalue weighted by Gasteiger charge is 2.24. The van der Waals surface area contributed by atoms with E-state index < -0.39 is 0 Å². The van der Waals surface area contributed by atoms with Gasteiger partial charge in [0.05, 0.1) is 0 Å². The van der Waals surface area contributed by atoms with Gasteiger partial charge in [-0.2, -0.15) is 0 Å². The molecule has 1 radical (unpaired) electrons. The van der Waals surface area contributed by atoms with E-state index in [0.717, 1.165) is 0 Å². The molecule has 75 valence electrons. The summed E-state index contributed by atoms with van der Waals surface area (Å²) in [6, 6.07) is 8.61. The normalized spacial score (nSPS) is 11.8. The third kappa shape index (κ3) is 2.06. The average Bonchev–Trinajstić information content (AvgIpc) is 2.17. The van der Waals surface area contributed by atoms with Crippen LogP contribution in [0.5, 0.6) is 0 Å². The van der Waals surface area contributed by atoms with E-state index in [4.69, 9.17) is 0 Å². The van der Waals surface area contributed by atoms with Crippen molar-refractivity contribution >= 4 is 6.08 Å². The van der Waals surface area contributed by atoms with Gasteiger partial charge in [-0.25, -0.2) is 0 Å². The quantitative estimate of drug-likeness (QED) is 0.664. The van der Waals surface area contributed by atoms with Crippen LogP contribution in [0.2, 0.25) is 0 Å². The van der Waals surface area contributed by atoms with Crippen molar-refractivity contribution in [3.05, 3.63) is 47.9 Å². The van der Waals surface area contributed by atoms with Gasteiger partial charge in [-0.15, -0.1) is 0 Å². The minimum atomic E-state index is 0.166. The van der Waals surface area contributed by atoms with Gasteiger partial charge in [-0.3, -0.25) is 0 Å². The van der Waals surface area contributed by atoms with Gasteiger partial charge < -0.3 is 0 Å². The van der Waals surface area contributed by atoms with E-state index in [1.165, 1.54) is 17.0 Å². The highest BCUT2D eigenvalue weighted by Crippen LogP contribution is 2.32. The Bertz CT molecular complexity index is 301. The summed E-state index contributed by atoms with van der Waals surface area (Å²) >= 11 is 0. The fraction of sp³-hybridized carbons (Fsp3) is 0.357. The fourth-order valence-electron chi connectivity index (χ4n) is 1.32.